The molecule has 0 atom stereocenters. The topological polar surface area (TPSA) is 65.5 Å². The summed E-state index contributed by atoms with van der Waals surface area (Å²) in [7, 11) is -3.76. The molecule has 1 aromatic heterocycles. The lowest BCUT2D eigenvalue weighted by Gasteiger charge is -2.25. The molecule has 0 unspecified atom stereocenters. The molecule has 27 heavy (non-hydrogen) atoms. The largest absolute Gasteiger partial charge is 0.368 e. The van der Waals surface area contributed by atoms with Gasteiger partial charge in [-0.1, -0.05) is 23.2 Å². The Labute approximate surface area is 168 Å². The molecule has 2 heterocycles. The van der Waals surface area contributed by atoms with Crippen molar-refractivity contribution in [3.8, 4) is 0 Å². The Hall–Kier alpha value is -1.61. The number of aromatic nitrogens is 1. The van der Waals surface area contributed by atoms with Gasteiger partial charge >= 0.3 is 10.2 Å². The average Bonchev–Trinajstić information content (AvgIpc) is 2.85. The average molecular weight is 433 g/mol. The second kappa shape index (κ2) is 8.18. The van der Waals surface area contributed by atoms with Crippen LogP contribution in [0.4, 0.5) is 15.8 Å². The van der Waals surface area contributed by atoms with Gasteiger partial charge in [0.05, 0.1) is 21.4 Å². The molecule has 0 spiro atoms. The van der Waals surface area contributed by atoms with E-state index in [1.54, 1.807) is 6.92 Å². The van der Waals surface area contributed by atoms with Crippen LogP contribution in [0, 0.1) is 12.7 Å². The molecule has 1 N–H and O–H groups in total. The second-order valence-corrected chi connectivity index (χ2v) is 8.75. The van der Waals surface area contributed by atoms with E-state index in [1.807, 2.05) is 4.90 Å². The predicted molar refractivity (Wildman–Crippen MR) is 106 cm³/mol. The Kier molecular flexibility index (Phi) is 6.10. The van der Waals surface area contributed by atoms with Crippen LogP contribution in [0.1, 0.15) is 12.0 Å². The molecule has 6 nitrogen and oxygen atoms in total. The van der Waals surface area contributed by atoms with E-state index in [0.29, 0.717) is 53.0 Å². The molecule has 2 aromatic rings. The number of hydrogen-bond donors (Lipinski definition) is 1. The van der Waals surface area contributed by atoms with E-state index in [1.165, 1.54) is 34.9 Å². The Morgan fingerprint density at radius 3 is 2.48 bits per heavy atom. The first-order valence-corrected chi connectivity index (χ1v) is 10.6. The standard InChI is InChI=1S/C17H19Cl2FN4O2S/c1-12-9-13(3-4-16(12)20)22-27(25,26)24-6-2-5-23(7-8-24)17-14(18)10-21-11-15(17)19/h3-4,9-11,22H,2,5-8H2,1H3. The molecule has 1 aromatic carbocycles. The summed E-state index contributed by atoms with van der Waals surface area (Å²) in [6.45, 7) is 3.26. The minimum atomic E-state index is -3.76. The fraction of sp³-hybridized carbons (Fsp3) is 0.353. The van der Waals surface area contributed by atoms with Gasteiger partial charge in [0.2, 0.25) is 0 Å². The van der Waals surface area contributed by atoms with E-state index in [0.717, 1.165) is 0 Å². The monoisotopic (exact) mass is 432 g/mol. The van der Waals surface area contributed by atoms with E-state index in [2.05, 4.69) is 9.71 Å². The molecule has 1 aliphatic rings. The van der Waals surface area contributed by atoms with Crippen LogP contribution in [-0.4, -0.2) is 43.9 Å². The van der Waals surface area contributed by atoms with Crippen LogP contribution in [0.3, 0.4) is 0 Å². The van der Waals surface area contributed by atoms with Crippen molar-refractivity contribution in [2.45, 2.75) is 13.3 Å². The summed E-state index contributed by atoms with van der Waals surface area (Å²) in [6.07, 6.45) is 3.64. The smallest absolute Gasteiger partial charge is 0.301 e. The van der Waals surface area contributed by atoms with E-state index < -0.39 is 10.2 Å². The van der Waals surface area contributed by atoms with Gasteiger partial charge in [-0.3, -0.25) is 9.71 Å². The molecule has 0 amide bonds. The number of anilines is 2. The quantitative estimate of drug-likeness (QED) is 0.799. The summed E-state index contributed by atoms with van der Waals surface area (Å²) in [6, 6.07) is 4.11. The van der Waals surface area contributed by atoms with Gasteiger partial charge in [-0.15, -0.1) is 0 Å². The molecular formula is C17H19Cl2FN4O2S. The highest BCUT2D eigenvalue weighted by Gasteiger charge is 2.26. The summed E-state index contributed by atoms with van der Waals surface area (Å²) in [5.74, 6) is -0.380. The fourth-order valence-corrected chi connectivity index (χ4v) is 4.84. The Bertz CT molecular complexity index is 922. The van der Waals surface area contributed by atoms with Crippen molar-refractivity contribution in [1.82, 2.24) is 9.29 Å². The first-order valence-electron chi connectivity index (χ1n) is 8.36. The van der Waals surface area contributed by atoms with Crippen molar-refractivity contribution in [2.24, 2.45) is 0 Å². The lowest BCUT2D eigenvalue weighted by atomic mass is 10.2. The van der Waals surface area contributed by atoms with Gasteiger partial charge in [0, 0.05) is 38.6 Å². The number of nitrogens with zero attached hydrogens (tertiary/aromatic N) is 3. The maximum Gasteiger partial charge on any atom is 0.301 e. The molecule has 0 aliphatic carbocycles. The van der Waals surface area contributed by atoms with Crippen LogP contribution < -0.4 is 9.62 Å². The molecule has 1 fully saturated rings. The Morgan fingerprint density at radius 1 is 1.11 bits per heavy atom. The lowest BCUT2D eigenvalue weighted by molar-refractivity contribution is 0.437. The molecule has 0 radical (unpaired) electrons. The third-order valence-corrected chi connectivity index (χ3v) is 6.44. The minimum Gasteiger partial charge on any atom is -0.368 e. The van der Waals surface area contributed by atoms with Crippen molar-refractivity contribution in [3.05, 3.63) is 52.0 Å². The van der Waals surface area contributed by atoms with Crippen LogP contribution in [-0.2, 0) is 10.2 Å². The van der Waals surface area contributed by atoms with Gasteiger partial charge in [-0.25, -0.2) is 4.39 Å². The highest BCUT2D eigenvalue weighted by molar-refractivity contribution is 7.90. The number of pyridine rings is 1. The van der Waals surface area contributed by atoms with E-state index >= 15 is 0 Å². The molecule has 1 aliphatic heterocycles. The highest BCUT2D eigenvalue weighted by Crippen LogP contribution is 2.33. The van der Waals surface area contributed by atoms with Gasteiger partial charge in [-0.05, 0) is 37.1 Å². The van der Waals surface area contributed by atoms with E-state index in [4.69, 9.17) is 23.2 Å². The third-order valence-electron chi connectivity index (χ3n) is 4.34. The zero-order chi connectivity index (χ0) is 19.6. The maximum atomic E-state index is 13.4. The zero-order valence-corrected chi connectivity index (χ0v) is 17.0. The fourth-order valence-electron chi connectivity index (χ4n) is 2.99. The van der Waals surface area contributed by atoms with Crippen molar-refractivity contribution in [1.29, 1.82) is 0 Å². The van der Waals surface area contributed by atoms with Gasteiger partial charge in [0.15, 0.2) is 0 Å². The van der Waals surface area contributed by atoms with Crippen molar-refractivity contribution < 1.29 is 12.8 Å². The first-order chi connectivity index (χ1) is 12.8. The first kappa shape index (κ1) is 20.1. The van der Waals surface area contributed by atoms with Gasteiger partial charge in [0.1, 0.15) is 5.82 Å². The number of halogens is 3. The van der Waals surface area contributed by atoms with Crippen LogP contribution in [0.15, 0.2) is 30.6 Å². The van der Waals surface area contributed by atoms with Gasteiger partial charge in [0.25, 0.3) is 0 Å². The summed E-state index contributed by atoms with van der Waals surface area (Å²) in [4.78, 5) is 5.91. The second-order valence-electron chi connectivity index (χ2n) is 6.26. The van der Waals surface area contributed by atoms with Crippen LogP contribution in [0.5, 0.6) is 0 Å². The SMILES string of the molecule is Cc1cc(NS(=O)(=O)N2CCCN(c3c(Cl)cncc3Cl)CC2)ccc1F. The molecule has 1 saturated heterocycles. The molecule has 3 rings (SSSR count). The van der Waals surface area contributed by atoms with Crippen molar-refractivity contribution in [3.63, 3.8) is 0 Å². The lowest BCUT2D eigenvalue weighted by Crippen LogP contribution is -2.38. The number of nitrogens with one attached hydrogen (secondary N) is 1. The van der Waals surface area contributed by atoms with Crippen LogP contribution in [0.25, 0.3) is 0 Å². The number of benzene rings is 1. The summed E-state index contributed by atoms with van der Waals surface area (Å²) < 4.78 is 42.7. The molecule has 0 saturated carbocycles. The summed E-state index contributed by atoms with van der Waals surface area (Å²) in [5.41, 5.74) is 1.36. The van der Waals surface area contributed by atoms with E-state index in [-0.39, 0.29) is 12.4 Å². The van der Waals surface area contributed by atoms with E-state index in [9.17, 15) is 12.8 Å². The predicted octanol–water partition coefficient (Wildman–Crippen LogP) is 3.70. The third kappa shape index (κ3) is 4.63. The summed E-state index contributed by atoms with van der Waals surface area (Å²) >= 11 is 12.4. The Balaban J connectivity index is 1.74. The number of hydrogen-bond acceptors (Lipinski definition) is 4. The summed E-state index contributed by atoms with van der Waals surface area (Å²) in [5, 5.41) is 0.859. The molecule has 146 valence electrons. The molecule has 10 heteroatoms. The Morgan fingerprint density at radius 2 is 1.81 bits per heavy atom. The van der Waals surface area contributed by atoms with Gasteiger partial charge < -0.3 is 4.90 Å². The minimum absolute atomic E-state index is 0.268. The van der Waals surface area contributed by atoms with Crippen molar-refractivity contribution >= 4 is 44.8 Å². The van der Waals surface area contributed by atoms with Crippen LogP contribution in [0.2, 0.25) is 10.0 Å². The molecular weight excluding hydrogens is 414 g/mol. The highest BCUT2D eigenvalue weighted by atomic mass is 35.5. The van der Waals surface area contributed by atoms with Gasteiger partial charge in [-0.2, -0.15) is 12.7 Å². The number of rotatable bonds is 4. The number of aryl methyl sites for hydroxylation is 1. The zero-order valence-electron chi connectivity index (χ0n) is 14.6. The van der Waals surface area contributed by atoms with Crippen LogP contribution >= 0.6 is 23.2 Å². The maximum absolute atomic E-state index is 13.4. The van der Waals surface area contributed by atoms with Crippen molar-refractivity contribution in [2.75, 3.05) is 35.8 Å². The molecule has 0 bridgehead atoms. The normalized spacial score (nSPS) is 16.2.